The van der Waals surface area contributed by atoms with Gasteiger partial charge >= 0.3 is 12.1 Å². The molecule has 1 saturated heterocycles. The standard InChI is InChI=1S/C21H33N3O5/c1-13(2)12-29-21(27)24-9-7-8-23(10-11-24)16(5)19(25)18-14(3)17(15(4)22-18)20(26)28-6/h13,16,22H,7-12H2,1-6H3. The Bertz CT molecular complexity index is 756. The maximum atomic E-state index is 13.1. The normalized spacial score (nSPS) is 16.4. The zero-order valence-corrected chi connectivity index (χ0v) is 18.3. The van der Waals surface area contributed by atoms with Crippen LogP contribution >= 0.6 is 0 Å². The quantitative estimate of drug-likeness (QED) is 0.576. The van der Waals surface area contributed by atoms with Crippen molar-refractivity contribution in [1.29, 1.82) is 0 Å². The molecule has 1 atom stereocenters. The third-order valence-corrected chi connectivity index (χ3v) is 5.33. The van der Waals surface area contributed by atoms with E-state index in [0.29, 0.717) is 61.2 Å². The lowest BCUT2D eigenvalue weighted by molar-refractivity contribution is 0.0599. The van der Waals surface area contributed by atoms with E-state index < -0.39 is 5.97 Å². The number of ether oxygens (including phenoxy) is 2. The van der Waals surface area contributed by atoms with Gasteiger partial charge in [0.05, 0.1) is 31.0 Å². The van der Waals surface area contributed by atoms with Crippen LogP contribution < -0.4 is 0 Å². The molecule has 1 aromatic heterocycles. The Morgan fingerprint density at radius 3 is 2.38 bits per heavy atom. The van der Waals surface area contributed by atoms with E-state index in [1.54, 1.807) is 18.7 Å². The Labute approximate surface area is 172 Å². The maximum Gasteiger partial charge on any atom is 0.409 e. The lowest BCUT2D eigenvalue weighted by Crippen LogP contribution is -2.42. The van der Waals surface area contributed by atoms with Crippen molar-refractivity contribution in [3.63, 3.8) is 0 Å². The minimum atomic E-state index is -0.451. The van der Waals surface area contributed by atoms with Gasteiger partial charge in [-0.1, -0.05) is 13.8 Å². The van der Waals surface area contributed by atoms with Crippen molar-refractivity contribution in [2.45, 2.75) is 47.1 Å². The van der Waals surface area contributed by atoms with E-state index in [9.17, 15) is 14.4 Å². The second kappa shape index (κ2) is 9.91. The number of nitrogens with zero attached hydrogens (tertiary/aromatic N) is 2. The summed E-state index contributed by atoms with van der Waals surface area (Å²) in [5.74, 6) is -0.229. The van der Waals surface area contributed by atoms with Crippen molar-refractivity contribution in [1.82, 2.24) is 14.8 Å². The highest BCUT2D eigenvalue weighted by Crippen LogP contribution is 2.22. The molecule has 29 heavy (non-hydrogen) atoms. The minimum Gasteiger partial charge on any atom is -0.465 e. The molecular formula is C21H33N3O5. The summed E-state index contributed by atoms with van der Waals surface area (Å²) in [6.45, 7) is 12.2. The first-order valence-corrected chi connectivity index (χ1v) is 10.1. The van der Waals surface area contributed by atoms with Crippen LogP contribution in [0.2, 0.25) is 0 Å². The molecule has 162 valence electrons. The van der Waals surface area contributed by atoms with Crippen molar-refractivity contribution < 1.29 is 23.9 Å². The minimum absolute atomic E-state index is 0.0726. The van der Waals surface area contributed by atoms with E-state index in [0.717, 1.165) is 6.42 Å². The first-order chi connectivity index (χ1) is 13.7. The van der Waals surface area contributed by atoms with Gasteiger partial charge in [-0.2, -0.15) is 0 Å². The van der Waals surface area contributed by atoms with Crippen LogP contribution in [0.4, 0.5) is 4.79 Å². The molecule has 1 aliphatic rings. The number of hydrogen-bond donors (Lipinski definition) is 1. The van der Waals surface area contributed by atoms with Crippen LogP contribution in [0.25, 0.3) is 0 Å². The molecule has 0 spiro atoms. The predicted octanol–water partition coefficient (Wildman–Crippen LogP) is 2.79. The highest BCUT2D eigenvalue weighted by Gasteiger charge is 2.30. The predicted molar refractivity (Wildman–Crippen MR) is 109 cm³/mol. The van der Waals surface area contributed by atoms with E-state index in [2.05, 4.69) is 9.88 Å². The highest BCUT2D eigenvalue weighted by atomic mass is 16.6. The van der Waals surface area contributed by atoms with Crippen LogP contribution in [0.5, 0.6) is 0 Å². The number of nitrogens with one attached hydrogen (secondary N) is 1. The monoisotopic (exact) mass is 407 g/mol. The van der Waals surface area contributed by atoms with Crippen molar-refractivity contribution in [2.75, 3.05) is 39.9 Å². The Morgan fingerprint density at radius 1 is 1.07 bits per heavy atom. The number of H-pyrrole nitrogens is 1. The number of rotatable bonds is 6. The summed E-state index contributed by atoms with van der Waals surface area (Å²) in [4.78, 5) is 44.2. The molecule has 8 heteroatoms. The molecule has 0 bridgehead atoms. The van der Waals surface area contributed by atoms with Gasteiger partial charge in [0.25, 0.3) is 0 Å². The van der Waals surface area contributed by atoms with Crippen molar-refractivity contribution in [3.8, 4) is 0 Å². The number of carbonyl (C=O) groups is 3. The van der Waals surface area contributed by atoms with Crippen LogP contribution in [0.3, 0.4) is 0 Å². The average molecular weight is 408 g/mol. The second-order valence-electron chi connectivity index (χ2n) is 8.00. The number of aryl methyl sites for hydroxylation is 1. The molecule has 1 aliphatic heterocycles. The molecule has 1 N–H and O–H groups in total. The zero-order valence-electron chi connectivity index (χ0n) is 18.3. The van der Waals surface area contributed by atoms with Crippen molar-refractivity contribution in [2.24, 2.45) is 5.92 Å². The number of Topliss-reactive ketones (excluding diaryl/α,β-unsaturated/α-hetero) is 1. The number of aromatic nitrogens is 1. The number of esters is 1. The van der Waals surface area contributed by atoms with Gasteiger partial charge in [-0.3, -0.25) is 9.69 Å². The largest absolute Gasteiger partial charge is 0.465 e. The van der Waals surface area contributed by atoms with Crippen molar-refractivity contribution in [3.05, 3.63) is 22.5 Å². The number of hydrogen-bond acceptors (Lipinski definition) is 6. The third-order valence-electron chi connectivity index (χ3n) is 5.33. The summed E-state index contributed by atoms with van der Waals surface area (Å²) in [6, 6.07) is -0.371. The number of amides is 1. The van der Waals surface area contributed by atoms with Gasteiger partial charge < -0.3 is 19.4 Å². The van der Waals surface area contributed by atoms with E-state index in [4.69, 9.17) is 9.47 Å². The van der Waals surface area contributed by atoms with Crippen LogP contribution in [0.15, 0.2) is 0 Å². The Balaban J connectivity index is 2.05. The van der Waals surface area contributed by atoms with E-state index in [-0.39, 0.29) is 17.9 Å². The lowest BCUT2D eigenvalue weighted by Gasteiger charge is -2.26. The Kier molecular flexibility index (Phi) is 7.84. The number of aromatic amines is 1. The molecule has 0 radical (unpaired) electrons. The average Bonchev–Trinajstić information content (AvgIpc) is 2.86. The van der Waals surface area contributed by atoms with Crippen LogP contribution in [-0.4, -0.2) is 78.6 Å². The SMILES string of the molecule is COC(=O)c1c(C)[nH]c(C(=O)C(C)N2CCCN(C(=O)OCC(C)C)CC2)c1C. The van der Waals surface area contributed by atoms with Gasteiger partial charge in [0.15, 0.2) is 5.78 Å². The molecule has 2 heterocycles. The maximum absolute atomic E-state index is 13.1. The van der Waals surface area contributed by atoms with E-state index in [1.807, 2.05) is 20.8 Å². The molecule has 1 fully saturated rings. The number of ketones is 1. The second-order valence-corrected chi connectivity index (χ2v) is 8.00. The first kappa shape index (κ1) is 22.9. The summed E-state index contributed by atoms with van der Waals surface area (Å²) >= 11 is 0. The molecule has 0 aromatic carbocycles. The summed E-state index contributed by atoms with van der Waals surface area (Å²) in [6.07, 6.45) is 0.475. The third kappa shape index (κ3) is 5.38. The molecule has 2 rings (SSSR count). The lowest BCUT2D eigenvalue weighted by atomic mass is 10.0. The van der Waals surface area contributed by atoms with Gasteiger partial charge in [0.1, 0.15) is 0 Å². The molecule has 8 nitrogen and oxygen atoms in total. The van der Waals surface area contributed by atoms with E-state index in [1.165, 1.54) is 7.11 Å². The fraction of sp³-hybridized carbons (Fsp3) is 0.667. The molecular weight excluding hydrogens is 374 g/mol. The smallest absolute Gasteiger partial charge is 0.409 e. The van der Waals surface area contributed by atoms with Gasteiger partial charge in [-0.15, -0.1) is 0 Å². The zero-order chi connectivity index (χ0) is 21.7. The molecule has 1 unspecified atom stereocenters. The molecule has 1 amide bonds. The van der Waals surface area contributed by atoms with Gasteiger partial charge in [0, 0.05) is 31.9 Å². The van der Waals surface area contributed by atoms with Gasteiger partial charge in [-0.05, 0) is 38.7 Å². The summed E-state index contributed by atoms with van der Waals surface area (Å²) in [5, 5.41) is 0. The summed E-state index contributed by atoms with van der Waals surface area (Å²) < 4.78 is 10.2. The Hall–Kier alpha value is -2.35. The summed E-state index contributed by atoms with van der Waals surface area (Å²) in [5.41, 5.74) is 2.09. The van der Waals surface area contributed by atoms with E-state index >= 15 is 0 Å². The number of methoxy groups -OCH3 is 1. The van der Waals surface area contributed by atoms with Crippen LogP contribution in [0, 0.1) is 19.8 Å². The number of carbonyl (C=O) groups excluding carboxylic acids is 3. The van der Waals surface area contributed by atoms with Crippen LogP contribution in [0.1, 0.15) is 59.3 Å². The fourth-order valence-corrected chi connectivity index (χ4v) is 3.62. The van der Waals surface area contributed by atoms with Gasteiger partial charge in [-0.25, -0.2) is 9.59 Å². The fourth-order valence-electron chi connectivity index (χ4n) is 3.62. The topological polar surface area (TPSA) is 91.9 Å². The van der Waals surface area contributed by atoms with Crippen molar-refractivity contribution >= 4 is 17.8 Å². The molecule has 0 saturated carbocycles. The Morgan fingerprint density at radius 2 is 1.76 bits per heavy atom. The molecule has 1 aromatic rings. The first-order valence-electron chi connectivity index (χ1n) is 10.1. The van der Waals surface area contributed by atoms with Gasteiger partial charge in [0.2, 0.25) is 0 Å². The summed E-state index contributed by atoms with van der Waals surface area (Å²) in [7, 11) is 1.33. The highest BCUT2D eigenvalue weighted by molar-refractivity contribution is 6.03. The van der Waals surface area contributed by atoms with Crippen LogP contribution in [-0.2, 0) is 9.47 Å². The molecule has 0 aliphatic carbocycles.